The summed E-state index contributed by atoms with van der Waals surface area (Å²) in [5, 5.41) is 8.52. The zero-order valence-electron chi connectivity index (χ0n) is 6.25. The average molecular weight is 163 g/mol. The molecule has 1 rings (SSSR count). The largest absolute Gasteiger partial charge is 0.464 e. The molecule has 0 aliphatic carbocycles. The van der Waals surface area contributed by atoms with Crippen LogP contribution in [0.3, 0.4) is 0 Å². The Hall–Kier alpha value is -1.82. The van der Waals surface area contributed by atoms with Crippen LogP contribution in [0.25, 0.3) is 0 Å². The fourth-order valence-corrected chi connectivity index (χ4v) is 0.801. The highest BCUT2D eigenvalue weighted by Crippen LogP contribution is 2.19. The smallest absolute Gasteiger partial charge is 0.147 e. The van der Waals surface area contributed by atoms with Gasteiger partial charge in [0, 0.05) is 0 Å². The minimum absolute atomic E-state index is 0.0996. The van der Waals surface area contributed by atoms with Gasteiger partial charge in [0.15, 0.2) is 0 Å². The van der Waals surface area contributed by atoms with E-state index in [0.29, 0.717) is 0 Å². The summed E-state index contributed by atoms with van der Waals surface area (Å²) in [7, 11) is 0. The van der Waals surface area contributed by atoms with Gasteiger partial charge in [-0.15, -0.1) is 0 Å². The quantitative estimate of drug-likeness (QED) is 0.626. The van der Waals surface area contributed by atoms with Gasteiger partial charge in [-0.05, 0) is 12.1 Å². The summed E-state index contributed by atoms with van der Waals surface area (Å²) in [4.78, 5) is 0. The Morgan fingerprint density at radius 2 is 2.33 bits per heavy atom. The maximum absolute atomic E-state index is 12.8. The highest BCUT2D eigenvalue weighted by Gasteiger charge is 2.06. The second-order valence-corrected chi connectivity index (χ2v) is 2.01. The number of hydrogen-bond acceptors (Lipinski definition) is 2. The summed E-state index contributed by atoms with van der Waals surface area (Å²) in [5.74, 6) is -0.399. The third-order valence-electron chi connectivity index (χ3n) is 1.30. The fourth-order valence-electron chi connectivity index (χ4n) is 0.801. The van der Waals surface area contributed by atoms with Gasteiger partial charge in [0.1, 0.15) is 23.2 Å². The molecule has 0 unspecified atom stereocenters. The van der Waals surface area contributed by atoms with Crippen LogP contribution >= 0.6 is 0 Å². The first-order valence-electron chi connectivity index (χ1n) is 3.25. The van der Waals surface area contributed by atoms with Crippen molar-refractivity contribution in [2.24, 2.45) is 0 Å². The predicted octanol–water partition coefficient (Wildman–Crippen LogP) is 2.22. The van der Waals surface area contributed by atoms with Crippen LogP contribution in [0, 0.1) is 17.1 Å². The van der Waals surface area contributed by atoms with Crippen molar-refractivity contribution in [3.8, 4) is 11.8 Å². The Labute approximate surface area is 69.5 Å². The number of halogens is 1. The lowest BCUT2D eigenvalue weighted by Crippen LogP contribution is -1.89. The second kappa shape index (κ2) is 3.54. The van der Waals surface area contributed by atoms with E-state index in [0.717, 1.165) is 6.26 Å². The van der Waals surface area contributed by atoms with Crippen LogP contribution in [-0.4, -0.2) is 0 Å². The summed E-state index contributed by atoms with van der Waals surface area (Å²) >= 11 is 0. The first-order valence-corrected chi connectivity index (χ1v) is 3.25. The summed E-state index contributed by atoms with van der Waals surface area (Å²) in [6.45, 7) is 3.31. The predicted molar refractivity (Wildman–Crippen MR) is 41.9 cm³/mol. The average Bonchev–Trinajstić information content (AvgIpc) is 2.05. The number of hydrogen-bond donors (Lipinski definition) is 0. The molecule has 0 heterocycles. The van der Waals surface area contributed by atoms with Crippen molar-refractivity contribution in [1.82, 2.24) is 0 Å². The van der Waals surface area contributed by atoms with Gasteiger partial charge in [-0.1, -0.05) is 12.6 Å². The Balaban J connectivity index is 3.20. The number of rotatable bonds is 2. The Kier molecular flexibility index (Phi) is 2.44. The van der Waals surface area contributed by atoms with Crippen molar-refractivity contribution in [3.05, 3.63) is 42.4 Å². The Morgan fingerprint density at radius 3 is 2.92 bits per heavy atom. The molecule has 0 aliphatic rings. The molecule has 0 aliphatic heterocycles. The van der Waals surface area contributed by atoms with Crippen molar-refractivity contribution in [3.63, 3.8) is 0 Å². The summed E-state index contributed by atoms with van der Waals surface area (Å²) < 4.78 is 17.6. The lowest BCUT2D eigenvalue weighted by molar-refractivity contribution is 0.475. The van der Waals surface area contributed by atoms with Gasteiger partial charge in [0.2, 0.25) is 0 Å². The molecular weight excluding hydrogens is 157 g/mol. The molecule has 1 aromatic carbocycles. The van der Waals surface area contributed by atoms with Crippen LogP contribution in [0.5, 0.6) is 5.75 Å². The molecule has 3 heteroatoms. The summed E-state index contributed by atoms with van der Waals surface area (Å²) in [6.07, 6.45) is 1.15. The number of nitrogens with zero attached hydrogens (tertiary/aromatic N) is 1. The molecule has 12 heavy (non-hydrogen) atoms. The molecule has 60 valence electrons. The van der Waals surface area contributed by atoms with Gasteiger partial charge < -0.3 is 4.74 Å². The second-order valence-electron chi connectivity index (χ2n) is 2.01. The first kappa shape index (κ1) is 8.28. The van der Waals surface area contributed by atoms with Crippen LogP contribution in [-0.2, 0) is 0 Å². The van der Waals surface area contributed by atoms with E-state index in [1.807, 2.05) is 0 Å². The molecule has 0 saturated heterocycles. The third kappa shape index (κ3) is 1.43. The Morgan fingerprint density at radius 1 is 1.58 bits per heavy atom. The topological polar surface area (TPSA) is 33.0 Å². The number of benzene rings is 1. The van der Waals surface area contributed by atoms with Crippen LogP contribution < -0.4 is 4.74 Å². The van der Waals surface area contributed by atoms with Crippen molar-refractivity contribution in [2.45, 2.75) is 0 Å². The highest BCUT2D eigenvalue weighted by molar-refractivity contribution is 5.44. The maximum atomic E-state index is 12.8. The normalized spacial score (nSPS) is 8.67. The molecule has 0 bridgehead atoms. The monoisotopic (exact) mass is 163 g/mol. The molecule has 0 radical (unpaired) electrons. The van der Waals surface area contributed by atoms with Crippen molar-refractivity contribution >= 4 is 0 Å². The van der Waals surface area contributed by atoms with Gasteiger partial charge in [-0.2, -0.15) is 5.26 Å². The van der Waals surface area contributed by atoms with E-state index in [9.17, 15) is 4.39 Å². The molecule has 0 fully saturated rings. The molecule has 1 aromatic rings. The van der Waals surface area contributed by atoms with Gasteiger partial charge in [-0.25, -0.2) is 4.39 Å². The van der Waals surface area contributed by atoms with E-state index in [2.05, 4.69) is 6.58 Å². The highest BCUT2D eigenvalue weighted by atomic mass is 19.1. The van der Waals surface area contributed by atoms with E-state index in [4.69, 9.17) is 10.00 Å². The van der Waals surface area contributed by atoms with Crippen LogP contribution in [0.1, 0.15) is 5.56 Å². The molecule has 0 aromatic heterocycles. The van der Waals surface area contributed by atoms with Crippen LogP contribution in [0.2, 0.25) is 0 Å². The summed E-state index contributed by atoms with van der Waals surface area (Å²) in [6, 6.07) is 5.87. The molecule has 2 nitrogen and oxygen atoms in total. The van der Waals surface area contributed by atoms with Crippen molar-refractivity contribution in [1.29, 1.82) is 5.26 Å². The molecular formula is C9H6FNO. The molecule has 0 spiro atoms. The first-order chi connectivity index (χ1) is 5.79. The lowest BCUT2D eigenvalue weighted by Gasteiger charge is -2.01. The van der Waals surface area contributed by atoms with Gasteiger partial charge in [-0.3, -0.25) is 0 Å². The maximum Gasteiger partial charge on any atom is 0.147 e. The van der Waals surface area contributed by atoms with E-state index in [1.54, 1.807) is 6.07 Å². The molecule has 0 amide bonds. The lowest BCUT2D eigenvalue weighted by atomic mass is 10.2. The SMILES string of the molecule is C=COc1cccc(F)c1C#N. The van der Waals surface area contributed by atoms with Gasteiger partial charge in [0.25, 0.3) is 0 Å². The van der Waals surface area contributed by atoms with E-state index >= 15 is 0 Å². The van der Waals surface area contributed by atoms with E-state index < -0.39 is 5.82 Å². The van der Waals surface area contributed by atoms with Gasteiger partial charge >= 0.3 is 0 Å². The van der Waals surface area contributed by atoms with E-state index in [1.165, 1.54) is 18.2 Å². The van der Waals surface area contributed by atoms with Crippen LogP contribution in [0.4, 0.5) is 4.39 Å². The minimum atomic E-state index is -0.586. The van der Waals surface area contributed by atoms with Crippen LogP contribution in [0.15, 0.2) is 31.0 Å². The fraction of sp³-hybridized carbons (Fsp3) is 0. The van der Waals surface area contributed by atoms with Crippen molar-refractivity contribution < 1.29 is 9.13 Å². The van der Waals surface area contributed by atoms with Gasteiger partial charge in [0.05, 0.1) is 6.26 Å². The van der Waals surface area contributed by atoms with Crippen molar-refractivity contribution in [2.75, 3.05) is 0 Å². The number of nitriles is 1. The third-order valence-corrected chi connectivity index (χ3v) is 1.30. The summed E-state index contributed by atoms with van der Waals surface area (Å²) in [5.41, 5.74) is -0.0996. The van der Waals surface area contributed by atoms with E-state index in [-0.39, 0.29) is 11.3 Å². The minimum Gasteiger partial charge on any atom is -0.464 e. The number of ether oxygens (including phenoxy) is 1. The molecule has 0 saturated carbocycles. The zero-order valence-corrected chi connectivity index (χ0v) is 6.25. The standard InChI is InChI=1S/C9H6FNO/c1-2-12-9-5-3-4-8(10)7(9)6-11/h2-5H,1H2. The zero-order chi connectivity index (χ0) is 8.97. The molecule has 0 N–H and O–H groups in total. The molecule has 0 atom stereocenters. The Bertz CT molecular complexity index is 341.